The van der Waals surface area contributed by atoms with Crippen LogP contribution < -0.4 is 15.4 Å². The maximum absolute atomic E-state index is 11.5. The summed E-state index contributed by atoms with van der Waals surface area (Å²) in [5.41, 5.74) is 1.65. The molecule has 6 heteroatoms. The van der Waals surface area contributed by atoms with Crippen molar-refractivity contribution in [3.8, 4) is 18.1 Å². The molecule has 1 aromatic rings. The SMILES string of the molecule is C#CCNC(=O)COc1ccc(C)nc1CNCCOC. The van der Waals surface area contributed by atoms with E-state index in [0.29, 0.717) is 25.4 Å². The molecular weight excluding hydrogens is 270 g/mol. The van der Waals surface area contributed by atoms with Gasteiger partial charge in [0.15, 0.2) is 6.61 Å². The van der Waals surface area contributed by atoms with Crippen LogP contribution in [0.3, 0.4) is 0 Å². The third-order valence-corrected chi connectivity index (χ3v) is 2.59. The van der Waals surface area contributed by atoms with Crippen molar-refractivity contribution in [2.75, 3.05) is 33.4 Å². The van der Waals surface area contributed by atoms with Gasteiger partial charge in [-0.25, -0.2) is 0 Å². The van der Waals surface area contributed by atoms with Crippen molar-refractivity contribution in [1.29, 1.82) is 0 Å². The number of rotatable bonds is 9. The Balaban J connectivity index is 2.55. The molecule has 1 aromatic heterocycles. The van der Waals surface area contributed by atoms with E-state index in [1.807, 2.05) is 19.1 Å². The Morgan fingerprint density at radius 3 is 3.00 bits per heavy atom. The number of nitrogens with zero attached hydrogens (tertiary/aromatic N) is 1. The van der Waals surface area contributed by atoms with Crippen molar-refractivity contribution in [1.82, 2.24) is 15.6 Å². The molecule has 0 fully saturated rings. The van der Waals surface area contributed by atoms with Crippen molar-refractivity contribution >= 4 is 5.91 Å². The third kappa shape index (κ3) is 6.75. The largest absolute Gasteiger partial charge is 0.482 e. The minimum atomic E-state index is -0.258. The number of terminal acetylenes is 1. The van der Waals surface area contributed by atoms with Gasteiger partial charge in [-0.2, -0.15) is 0 Å². The molecule has 0 unspecified atom stereocenters. The lowest BCUT2D eigenvalue weighted by atomic mass is 10.3. The van der Waals surface area contributed by atoms with E-state index in [0.717, 1.165) is 11.4 Å². The molecule has 0 aliphatic carbocycles. The Morgan fingerprint density at radius 2 is 2.29 bits per heavy atom. The molecule has 6 nitrogen and oxygen atoms in total. The fourth-order valence-electron chi connectivity index (χ4n) is 1.58. The maximum atomic E-state index is 11.5. The summed E-state index contributed by atoms with van der Waals surface area (Å²) >= 11 is 0. The number of carbonyl (C=O) groups is 1. The summed E-state index contributed by atoms with van der Waals surface area (Å²) < 4.78 is 10.5. The molecule has 114 valence electrons. The van der Waals surface area contributed by atoms with E-state index in [4.69, 9.17) is 15.9 Å². The Kier molecular flexibility index (Phi) is 7.87. The van der Waals surface area contributed by atoms with Gasteiger partial charge in [-0.3, -0.25) is 9.78 Å². The van der Waals surface area contributed by atoms with Gasteiger partial charge in [0.05, 0.1) is 18.8 Å². The highest BCUT2D eigenvalue weighted by molar-refractivity contribution is 5.77. The predicted octanol–water partition coefficient (Wildman–Crippen LogP) is 0.254. The quantitative estimate of drug-likeness (QED) is 0.504. The highest BCUT2D eigenvalue weighted by Crippen LogP contribution is 2.16. The van der Waals surface area contributed by atoms with Gasteiger partial charge in [0.1, 0.15) is 5.75 Å². The molecule has 0 saturated heterocycles. The van der Waals surface area contributed by atoms with Gasteiger partial charge in [-0.1, -0.05) is 5.92 Å². The zero-order valence-electron chi connectivity index (χ0n) is 12.4. The van der Waals surface area contributed by atoms with Crippen molar-refractivity contribution in [3.05, 3.63) is 23.5 Å². The summed E-state index contributed by atoms with van der Waals surface area (Å²) in [6.45, 7) is 3.90. The molecule has 0 saturated carbocycles. The summed E-state index contributed by atoms with van der Waals surface area (Å²) in [5, 5.41) is 5.74. The fraction of sp³-hybridized carbons (Fsp3) is 0.467. The van der Waals surface area contributed by atoms with Crippen LogP contribution in [0, 0.1) is 19.3 Å². The normalized spacial score (nSPS) is 9.95. The standard InChI is InChI=1S/C15H21N3O3/c1-4-7-17-15(19)11-21-14-6-5-12(2)18-13(14)10-16-8-9-20-3/h1,5-6,16H,7-11H2,2-3H3,(H,17,19). The zero-order chi connectivity index (χ0) is 15.5. The van der Waals surface area contributed by atoms with E-state index in [9.17, 15) is 4.79 Å². The number of hydrogen-bond donors (Lipinski definition) is 2. The summed E-state index contributed by atoms with van der Waals surface area (Å²) in [6.07, 6.45) is 5.07. The number of amides is 1. The second-order valence-corrected chi connectivity index (χ2v) is 4.34. The molecule has 0 aliphatic heterocycles. The van der Waals surface area contributed by atoms with Crippen LogP contribution >= 0.6 is 0 Å². The summed E-state index contributed by atoms with van der Waals surface area (Å²) in [4.78, 5) is 15.9. The average Bonchev–Trinajstić information content (AvgIpc) is 2.48. The summed E-state index contributed by atoms with van der Waals surface area (Å²) in [6, 6.07) is 3.65. The van der Waals surface area contributed by atoms with Crippen LogP contribution in [0.25, 0.3) is 0 Å². The molecule has 0 radical (unpaired) electrons. The predicted molar refractivity (Wildman–Crippen MR) is 79.9 cm³/mol. The molecule has 0 atom stereocenters. The van der Waals surface area contributed by atoms with Crippen molar-refractivity contribution in [2.24, 2.45) is 0 Å². The highest BCUT2D eigenvalue weighted by atomic mass is 16.5. The first-order valence-corrected chi connectivity index (χ1v) is 6.66. The van der Waals surface area contributed by atoms with E-state index in [1.54, 1.807) is 7.11 Å². The topological polar surface area (TPSA) is 72.5 Å². The number of aryl methyl sites for hydroxylation is 1. The first-order chi connectivity index (χ1) is 10.2. The van der Waals surface area contributed by atoms with Crippen LogP contribution in [-0.2, 0) is 16.1 Å². The first-order valence-electron chi connectivity index (χ1n) is 6.66. The van der Waals surface area contributed by atoms with Crippen LogP contribution in [0.1, 0.15) is 11.4 Å². The number of carbonyl (C=O) groups excluding carboxylic acids is 1. The van der Waals surface area contributed by atoms with E-state index >= 15 is 0 Å². The molecule has 0 bridgehead atoms. The van der Waals surface area contributed by atoms with Gasteiger partial charge in [0.2, 0.25) is 0 Å². The number of pyridine rings is 1. The van der Waals surface area contributed by atoms with Crippen LogP contribution in [0.4, 0.5) is 0 Å². The van der Waals surface area contributed by atoms with Crippen LogP contribution in [0.2, 0.25) is 0 Å². The van der Waals surface area contributed by atoms with Gasteiger partial charge in [-0.05, 0) is 19.1 Å². The lowest BCUT2D eigenvalue weighted by molar-refractivity contribution is -0.122. The second-order valence-electron chi connectivity index (χ2n) is 4.34. The number of methoxy groups -OCH3 is 1. The van der Waals surface area contributed by atoms with Crippen molar-refractivity contribution < 1.29 is 14.3 Å². The Hall–Kier alpha value is -2.10. The lowest BCUT2D eigenvalue weighted by Gasteiger charge is -2.12. The third-order valence-electron chi connectivity index (χ3n) is 2.59. The molecule has 21 heavy (non-hydrogen) atoms. The van der Waals surface area contributed by atoms with E-state index in [-0.39, 0.29) is 19.1 Å². The molecule has 1 rings (SSSR count). The van der Waals surface area contributed by atoms with Crippen LogP contribution in [-0.4, -0.2) is 44.3 Å². The van der Waals surface area contributed by atoms with Crippen molar-refractivity contribution in [2.45, 2.75) is 13.5 Å². The fourth-order valence-corrected chi connectivity index (χ4v) is 1.58. The van der Waals surface area contributed by atoms with E-state index in [1.165, 1.54) is 0 Å². The van der Waals surface area contributed by atoms with Crippen LogP contribution in [0.15, 0.2) is 12.1 Å². The Bertz CT molecular complexity index is 497. The van der Waals surface area contributed by atoms with E-state index in [2.05, 4.69) is 21.5 Å². The van der Waals surface area contributed by atoms with Gasteiger partial charge in [0.25, 0.3) is 5.91 Å². The molecule has 2 N–H and O–H groups in total. The molecular formula is C15H21N3O3. The zero-order valence-corrected chi connectivity index (χ0v) is 12.4. The molecule has 0 spiro atoms. The Labute approximate surface area is 125 Å². The molecule has 1 heterocycles. The number of ether oxygens (including phenoxy) is 2. The smallest absolute Gasteiger partial charge is 0.258 e. The number of hydrogen-bond acceptors (Lipinski definition) is 5. The van der Waals surface area contributed by atoms with Gasteiger partial charge in [0, 0.05) is 25.9 Å². The summed E-state index contributed by atoms with van der Waals surface area (Å²) in [7, 11) is 1.65. The first kappa shape index (κ1) is 17.0. The van der Waals surface area contributed by atoms with Crippen LogP contribution in [0.5, 0.6) is 5.75 Å². The minimum Gasteiger partial charge on any atom is -0.482 e. The number of nitrogens with one attached hydrogen (secondary N) is 2. The van der Waals surface area contributed by atoms with E-state index < -0.39 is 0 Å². The molecule has 1 amide bonds. The lowest BCUT2D eigenvalue weighted by Crippen LogP contribution is -2.29. The minimum absolute atomic E-state index is 0.0858. The Morgan fingerprint density at radius 1 is 1.48 bits per heavy atom. The van der Waals surface area contributed by atoms with Gasteiger partial charge in [-0.15, -0.1) is 6.42 Å². The van der Waals surface area contributed by atoms with Crippen molar-refractivity contribution in [3.63, 3.8) is 0 Å². The molecule has 0 aromatic carbocycles. The summed E-state index contributed by atoms with van der Waals surface area (Å²) in [5.74, 6) is 2.66. The second kappa shape index (κ2) is 9.75. The monoisotopic (exact) mass is 291 g/mol. The number of aromatic nitrogens is 1. The maximum Gasteiger partial charge on any atom is 0.258 e. The van der Waals surface area contributed by atoms with Gasteiger partial charge < -0.3 is 20.1 Å². The molecule has 0 aliphatic rings. The average molecular weight is 291 g/mol. The highest BCUT2D eigenvalue weighted by Gasteiger charge is 2.08. The van der Waals surface area contributed by atoms with Gasteiger partial charge >= 0.3 is 0 Å².